The van der Waals surface area contributed by atoms with Gasteiger partial charge in [0.25, 0.3) is 0 Å². The minimum absolute atomic E-state index is 0.254. The molecule has 1 aromatic rings. The average Bonchev–Trinajstić information content (AvgIpc) is 2.62. The summed E-state index contributed by atoms with van der Waals surface area (Å²) in [5, 5.41) is 12.5. The van der Waals surface area contributed by atoms with Crippen LogP contribution >= 0.6 is 0 Å². The van der Waals surface area contributed by atoms with Crippen LogP contribution in [0.25, 0.3) is 0 Å². The summed E-state index contributed by atoms with van der Waals surface area (Å²) < 4.78 is 0. The lowest BCUT2D eigenvalue weighted by molar-refractivity contribution is 0.0623. The lowest BCUT2D eigenvalue weighted by atomic mass is 10.1. The summed E-state index contributed by atoms with van der Waals surface area (Å²) in [6, 6.07) is 6.61. The Bertz CT molecular complexity index is 444. The number of aliphatic hydroxyl groups is 1. The molecule has 0 aromatic carbocycles. The fourth-order valence-electron chi connectivity index (χ4n) is 3.55. The molecule has 1 atom stereocenters. The Balaban J connectivity index is 1.65. The molecule has 3 rings (SSSR count). The molecule has 2 fully saturated rings. The molecule has 2 saturated heterocycles. The van der Waals surface area contributed by atoms with E-state index >= 15 is 0 Å². The van der Waals surface area contributed by atoms with Crippen LogP contribution in [-0.2, 0) is 0 Å². The highest BCUT2D eigenvalue weighted by Gasteiger charge is 2.27. The molecule has 0 saturated carbocycles. The van der Waals surface area contributed by atoms with E-state index < -0.39 is 0 Å². The van der Waals surface area contributed by atoms with Crippen LogP contribution in [0, 0.1) is 0 Å². The fraction of sp³-hybridized carbons (Fsp3) is 0.706. The first kappa shape index (κ1) is 16.8. The van der Waals surface area contributed by atoms with Crippen LogP contribution in [-0.4, -0.2) is 96.8 Å². The van der Waals surface area contributed by atoms with Crippen LogP contribution < -0.4 is 5.32 Å². The second-order valence-electron chi connectivity index (χ2n) is 6.42. The van der Waals surface area contributed by atoms with Gasteiger partial charge in [0.05, 0.1) is 18.3 Å². The largest absolute Gasteiger partial charge is 0.395 e. The van der Waals surface area contributed by atoms with E-state index in [0.29, 0.717) is 6.04 Å². The first-order valence-corrected chi connectivity index (χ1v) is 8.78. The van der Waals surface area contributed by atoms with Crippen molar-refractivity contribution in [2.45, 2.75) is 6.04 Å². The highest BCUT2D eigenvalue weighted by molar-refractivity contribution is 5.10. The number of rotatable bonds is 6. The Kier molecular flexibility index (Phi) is 6.36. The van der Waals surface area contributed by atoms with E-state index in [-0.39, 0.29) is 6.61 Å². The van der Waals surface area contributed by atoms with Crippen molar-refractivity contribution >= 4 is 0 Å². The Morgan fingerprint density at radius 1 is 1.04 bits per heavy atom. The van der Waals surface area contributed by atoms with Gasteiger partial charge in [0, 0.05) is 71.6 Å². The van der Waals surface area contributed by atoms with Gasteiger partial charge in [0.1, 0.15) is 0 Å². The van der Waals surface area contributed by atoms with Crippen LogP contribution in [0.4, 0.5) is 0 Å². The maximum Gasteiger partial charge on any atom is 0.0650 e. The van der Waals surface area contributed by atoms with Gasteiger partial charge in [0.15, 0.2) is 0 Å². The molecule has 2 aliphatic rings. The number of pyridine rings is 1. The molecule has 1 unspecified atom stereocenters. The van der Waals surface area contributed by atoms with E-state index in [2.05, 4.69) is 37.1 Å². The Hall–Kier alpha value is -1.05. The van der Waals surface area contributed by atoms with Crippen molar-refractivity contribution in [3.05, 3.63) is 30.1 Å². The van der Waals surface area contributed by atoms with Crippen molar-refractivity contribution in [2.75, 3.05) is 72.1 Å². The molecule has 23 heavy (non-hydrogen) atoms. The summed E-state index contributed by atoms with van der Waals surface area (Å²) >= 11 is 0. The summed E-state index contributed by atoms with van der Waals surface area (Å²) in [5.41, 5.74) is 1.18. The summed E-state index contributed by atoms with van der Waals surface area (Å²) in [7, 11) is 0. The molecule has 128 valence electrons. The molecule has 0 radical (unpaired) electrons. The van der Waals surface area contributed by atoms with E-state index in [1.54, 1.807) is 0 Å². The van der Waals surface area contributed by atoms with Gasteiger partial charge in [0.2, 0.25) is 0 Å². The van der Waals surface area contributed by atoms with Gasteiger partial charge >= 0.3 is 0 Å². The van der Waals surface area contributed by atoms with Gasteiger partial charge < -0.3 is 10.4 Å². The number of β-amino-alcohol motifs (C(OH)–C–C–N with tert-alkyl or cyclic N) is 1. The van der Waals surface area contributed by atoms with Gasteiger partial charge in [-0.05, 0) is 12.1 Å². The van der Waals surface area contributed by atoms with Crippen LogP contribution in [0.2, 0.25) is 0 Å². The van der Waals surface area contributed by atoms with E-state index in [0.717, 1.165) is 65.4 Å². The SMILES string of the molecule is OCCN1CCN(C(CN2CCNCC2)c2ccccn2)CC1. The zero-order valence-electron chi connectivity index (χ0n) is 13.9. The Labute approximate surface area is 139 Å². The number of nitrogens with zero attached hydrogens (tertiary/aromatic N) is 4. The first-order valence-electron chi connectivity index (χ1n) is 8.78. The predicted octanol–water partition coefficient (Wildman–Crippen LogP) is -0.362. The van der Waals surface area contributed by atoms with Crippen LogP contribution in [0.15, 0.2) is 24.4 Å². The summed E-state index contributed by atoms with van der Waals surface area (Å²) in [4.78, 5) is 12.1. The molecule has 1 aromatic heterocycles. The maximum absolute atomic E-state index is 9.11. The van der Waals surface area contributed by atoms with E-state index in [9.17, 15) is 0 Å². The van der Waals surface area contributed by atoms with Gasteiger partial charge in [-0.1, -0.05) is 6.07 Å². The highest BCUT2D eigenvalue weighted by Crippen LogP contribution is 2.22. The zero-order valence-corrected chi connectivity index (χ0v) is 13.9. The van der Waals surface area contributed by atoms with Crippen molar-refractivity contribution in [3.63, 3.8) is 0 Å². The smallest absolute Gasteiger partial charge is 0.0650 e. The number of aliphatic hydroxyl groups excluding tert-OH is 1. The predicted molar refractivity (Wildman–Crippen MR) is 91.4 cm³/mol. The lowest BCUT2D eigenvalue weighted by Gasteiger charge is -2.41. The Morgan fingerprint density at radius 3 is 2.48 bits per heavy atom. The number of piperazine rings is 2. The fourth-order valence-corrected chi connectivity index (χ4v) is 3.55. The monoisotopic (exact) mass is 319 g/mol. The zero-order chi connectivity index (χ0) is 15.9. The molecule has 6 heteroatoms. The molecular weight excluding hydrogens is 290 g/mol. The molecule has 3 heterocycles. The third-order valence-corrected chi connectivity index (χ3v) is 4.93. The molecule has 2 N–H and O–H groups in total. The summed E-state index contributed by atoms with van der Waals surface area (Å²) in [6.45, 7) is 10.7. The minimum atomic E-state index is 0.254. The van der Waals surface area contributed by atoms with E-state index in [4.69, 9.17) is 5.11 Å². The Morgan fingerprint density at radius 2 is 1.83 bits per heavy atom. The van der Waals surface area contributed by atoms with Crippen molar-refractivity contribution in [3.8, 4) is 0 Å². The standard InChI is InChI=1S/C17H29N5O/c23-14-13-20-9-11-22(12-10-20)17(16-3-1-2-4-19-16)15-21-7-5-18-6-8-21/h1-4,17-18,23H,5-15H2. The second-order valence-corrected chi connectivity index (χ2v) is 6.42. The van der Waals surface area contributed by atoms with Crippen LogP contribution in [0.3, 0.4) is 0 Å². The quantitative estimate of drug-likeness (QED) is 0.747. The number of aromatic nitrogens is 1. The third-order valence-electron chi connectivity index (χ3n) is 4.93. The second kappa shape index (κ2) is 8.70. The van der Waals surface area contributed by atoms with Crippen molar-refractivity contribution in [1.29, 1.82) is 0 Å². The van der Waals surface area contributed by atoms with E-state index in [1.807, 2.05) is 12.3 Å². The molecule has 0 bridgehead atoms. The van der Waals surface area contributed by atoms with Crippen molar-refractivity contribution in [2.24, 2.45) is 0 Å². The lowest BCUT2D eigenvalue weighted by Crippen LogP contribution is -2.52. The molecule has 0 aliphatic carbocycles. The average molecular weight is 319 g/mol. The van der Waals surface area contributed by atoms with E-state index in [1.165, 1.54) is 5.69 Å². The van der Waals surface area contributed by atoms with Gasteiger partial charge in [-0.15, -0.1) is 0 Å². The normalized spacial score (nSPS) is 23.0. The highest BCUT2D eigenvalue weighted by atomic mass is 16.3. The third kappa shape index (κ3) is 4.71. The molecule has 2 aliphatic heterocycles. The van der Waals surface area contributed by atoms with Gasteiger partial charge in [-0.3, -0.25) is 19.7 Å². The maximum atomic E-state index is 9.11. The van der Waals surface area contributed by atoms with Crippen LogP contribution in [0.1, 0.15) is 11.7 Å². The topological polar surface area (TPSA) is 54.9 Å². The van der Waals surface area contributed by atoms with Gasteiger partial charge in [-0.25, -0.2) is 0 Å². The summed E-state index contributed by atoms with van der Waals surface area (Å²) in [5.74, 6) is 0. The van der Waals surface area contributed by atoms with Crippen molar-refractivity contribution in [1.82, 2.24) is 25.0 Å². The first-order chi connectivity index (χ1) is 11.4. The molecule has 6 nitrogen and oxygen atoms in total. The van der Waals surface area contributed by atoms with Crippen LogP contribution in [0.5, 0.6) is 0 Å². The molecule has 0 spiro atoms. The molecule has 0 amide bonds. The molecular formula is C17H29N5O. The van der Waals surface area contributed by atoms with Crippen molar-refractivity contribution < 1.29 is 5.11 Å². The summed E-state index contributed by atoms with van der Waals surface area (Å²) in [6.07, 6.45) is 1.90. The number of hydrogen-bond donors (Lipinski definition) is 2. The minimum Gasteiger partial charge on any atom is -0.395 e. The number of hydrogen-bond acceptors (Lipinski definition) is 6. The van der Waals surface area contributed by atoms with Gasteiger partial charge in [-0.2, -0.15) is 0 Å². The number of nitrogens with one attached hydrogen (secondary N) is 1.